The molecule has 28 heavy (non-hydrogen) atoms. The molecule has 3 rings (SSSR count). The van der Waals surface area contributed by atoms with Crippen molar-refractivity contribution in [2.24, 2.45) is 0 Å². The maximum Gasteiger partial charge on any atom is 0.234 e. The van der Waals surface area contributed by atoms with Gasteiger partial charge in [0.05, 0.1) is 18.0 Å². The second kappa shape index (κ2) is 10.7. The average Bonchev–Trinajstić information content (AvgIpc) is 3.34. The van der Waals surface area contributed by atoms with E-state index < -0.39 is 0 Å². The van der Waals surface area contributed by atoms with Gasteiger partial charge in [-0.15, -0.1) is 11.3 Å². The maximum atomic E-state index is 12.0. The predicted octanol–water partition coefficient (Wildman–Crippen LogP) is 1.50. The smallest absolute Gasteiger partial charge is 0.234 e. The normalized spacial score (nSPS) is 16.9. The Morgan fingerprint density at radius 3 is 2.86 bits per heavy atom. The van der Waals surface area contributed by atoms with Gasteiger partial charge in [-0.05, 0) is 31.3 Å². The van der Waals surface area contributed by atoms with E-state index >= 15 is 0 Å². The molecule has 3 heterocycles. The van der Waals surface area contributed by atoms with Crippen molar-refractivity contribution in [3.05, 3.63) is 23.4 Å². The highest BCUT2D eigenvalue weighted by Crippen LogP contribution is 2.21. The number of ether oxygens (including phenoxy) is 1. The highest BCUT2D eigenvalue weighted by atomic mass is 32.1. The molecule has 0 spiro atoms. The Kier molecular flexibility index (Phi) is 7.96. The van der Waals surface area contributed by atoms with Gasteiger partial charge in [0.25, 0.3) is 0 Å². The largest absolute Gasteiger partial charge is 0.383 e. The molecule has 0 aliphatic carbocycles. The van der Waals surface area contributed by atoms with Crippen molar-refractivity contribution >= 4 is 17.2 Å². The van der Waals surface area contributed by atoms with E-state index in [0.717, 1.165) is 50.4 Å². The van der Waals surface area contributed by atoms with Gasteiger partial charge in [0, 0.05) is 45.8 Å². The van der Waals surface area contributed by atoms with Gasteiger partial charge in [0.15, 0.2) is 0 Å². The van der Waals surface area contributed by atoms with Crippen molar-refractivity contribution in [1.29, 1.82) is 0 Å². The maximum absolute atomic E-state index is 12.0. The number of rotatable bonds is 10. The molecule has 1 fully saturated rings. The molecule has 0 bridgehead atoms. The van der Waals surface area contributed by atoms with Crippen molar-refractivity contribution in [3.8, 4) is 10.7 Å². The number of carbonyl (C=O) groups is 1. The van der Waals surface area contributed by atoms with E-state index in [0.29, 0.717) is 24.9 Å². The number of methoxy groups -OCH3 is 1. The number of nitrogens with zero attached hydrogens (tertiary/aromatic N) is 4. The Morgan fingerprint density at radius 1 is 1.36 bits per heavy atom. The molecule has 1 aliphatic heterocycles. The van der Waals surface area contributed by atoms with Gasteiger partial charge in [0.1, 0.15) is 0 Å². The molecule has 2 aromatic heterocycles. The number of thiophene rings is 1. The molecule has 154 valence electrons. The van der Waals surface area contributed by atoms with Crippen molar-refractivity contribution in [2.75, 3.05) is 53.0 Å². The number of nitrogens with one attached hydrogen (secondary N) is 1. The summed E-state index contributed by atoms with van der Waals surface area (Å²) in [5.41, 5.74) is 0. The third kappa shape index (κ3) is 6.37. The molecule has 1 saturated heterocycles. The molecule has 1 unspecified atom stereocenters. The zero-order chi connectivity index (χ0) is 19.8. The fourth-order valence-corrected chi connectivity index (χ4v) is 3.95. The fraction of sp³-hybridized carbons (Fsp3) is 0.632. The summed E-state index contributed by atoms with van der Waals surface area (Å²) in [6.45, 7) is 7.72. The number of piperazine rings is 1. The minimum atomic E-state index is 0.0452. The van der Waals surface area contributed by atoms with Crippen LogP contribution in [0.1, 0.15) is 19.2 Å². The standard InChI is InChI=1S/C19H29N5O3S/c1-15(14-26-2)20-17(25)13-24-10-8-23(9-11-24)7-3-6-18-21-19(22-27-18)16-5-4-12-28-16/h4-5,12,15H,3,6-11,13-14H2,1-2H3,(H,20,25). The lowest BCUT2D eigenvalue weighted by Crippen LogP contribution is -2.50. The monoisotopic (exact) mass is 407 g/mol. The Balaban J connectivity index is 1.31. The second-order valence-corrected chi connectivity index (χ2v) is 8.08. The summed E-state index contributed by atoms with van der Waals surface area (Å²) in [7, 11) is 1.64. The Morgan fingerprint density at radius 2 is 2.14 bits per heavy atom. The van der Waals surface area contributed by atoms with Gasteiger partial charge in [-0.3, -0.25) is 9.69 Å². The van der Waals surface area contributed by atoms with Gasteiger partial charge in [-0.1, -0.05) is 11.2 Å². The van der Waals surface area contributed by atoms with Crippen LogP contribution in [0, 0.1) is 0 Å². The number of hydrogen-bond acceptors (Lipinski definition) is 8. The average molecular weight is 408 g/mol. The van der Waals surface area contributed by atoms with Crippen LogP contribution in [0.3, 0.4) is 0 Å². The van der Waals surface area contributed by atoms with E-state index in [1.807, 2.05) is 24.4 Å². The fourth-order valence-electron chi connectivity index (χ4n) is 3.30. The topological polar surface area (TPSA) is 83.7 Å². The summed E-state index contributed by atoms with van der Waals surface area (Å²) in [6.07, 6.45) is 1.78. The Labute approximate surface area is 169 Å². The summed E-state index contributed by atoms with van der Waals surface area (Å²) >= 11 is 1.61. The molecule has 2 aromatic rings. The van der Waals surface area contributed by atoms with Crippen molar-refractivity contribution in [3.63, 3.8) is 0 Å². The lowest BCUT2D eigenvalue weighted by Gasteiger charge is -2.34. The third-order valence-electron chi connectivity index (χ3n) is 4.73. The molecule has 0 radical (unpaired) electrons. The third-order valence-corrected chi connectivity index (χ3v) is 5.60. The van der Waals surface area contributed by atoms with Crippen LogP contribution in [0.15, 0.2) is 22.0 Å². The van der Waals surface area contributed by atoms with Crippen molar-refractivity contribution < 1.29 is 14.1 Å². The summed E-state index contributed by atoms with van der Waals surface area (Å²) in [4.78, 5) is 22.2. The zero-order valence-corrected chi connectivity index (χ0v) is 17.4. The summed E-state index contributed by atoms with van der Waals surface area (Å²) < 4.78 is 10.4. The second-order valence-electron chi connectivity index (χ2n) is 7.13. The van der Waals surface area contributed by atoms with E-state index in [9.17, 15) is 4.79 Å². The predicted molar refractivity (Wildman–Crippen MR) is 108 cm³/mol. The van der Waals surface area contributed by atoms with Gasteiger partial charge in [0.2, 0.25) is 17.6 Å². The lowest BCUT2D eigenvalue weighted by atomic mass is 10.2. The first-order valence-corrected chi connectivity index (χ1v) is 10.6. The van der Waals surface area contributed by atoms with Crippen LogP contribution in [0.25, 0.3) is 10.7 Å². The molecule has 8 nitrogen and oxygen atoms in total. The number of hydrogen-bond donors (Lipinski definition) is 1. The first kappa shape index (κ1) is 20.9. The van der Waals surface area contributed by atoms with Crippen molar-refractivity contribution in [1.82, 2.24) is 25.3 Å². The van der Waals surface area contributed by atoms with Gasteiger partial charge < -0.3 is 19.5 Å². The van der Waals surface area contributed by atoms with E-state index in [1.165, 1.54) is 0 Å². The number of aryl methyl sites for hydroxylation is 1. The van der Waals surface area contributed by atoms with Crippen LogP contribution in [0.2, 0.25) is 0 Å². The van der Waals surface area contributed by atoms with Crippen LogP contribution < -0.4 is 5.32 Å². The molecule has 0 aromatic carbocycles. The highest BCUT2D eigenvalue weighted by Gasteiger charge is 2.19. The lowest BCUT2D eigenvalue weighted by molar-refractivity contribution is -0.123. The van der Waals surface area contributed by atoms with Crippen LogP contribution in [-0.4, -0.2) is 84.9 Å². The van der Waals surface area contributed by atoms with Gasteiger partial charge in [-0.25, -0.2) is 0 Å². The minimum Gasteiger partial charge on any atom is -0.383 e. The molecule has 9 heteroatoms. The summed E-state index contributed by atoms with van der Waals surface area (Å²) in [5, 5.41) is 9.02. The zero-order valence-electron chi connectivity index (χ0n) is 16.6. The number of amides is 1. The van der Waals surface area contributed by atoms with E-state index in [-0.39, 0.29) is 11.9 Å². The summed E-state index contributed by atoms with van der Waals surface area (Å²) in [6, 6.07) is 4.03. The highest BCUT2D eigenvalue weighted by molar-refractivity contribution is 7.13. The first-order valence-electron chi connectivity index (χ1n) is 9.73. The van der Waals surface area contributed by atoms with E-state index in [2.05, 4.69) is 25.3 Å². The van der Waals surface area contributed by atoms with E-state index in [4.69, 9.17) is 9.26 Å². The molecule has 0 saturated carbocycles. The first-order chi connectivity index (χ1) is 13.6. The molecule has 1 aliphatic rings. The Hall–Kier alpha value is -1.81. The Bertz CT molecular complexity index is 713. The quantitative estimate of drug-likeness (QED) is 0.639. The van der Waals surface area contributed by atoms with Crippen molar-refractivity contribution in [2.45, 2.75) is 25.8 Å². The van der Waals surface area contributed by atoms with Crippen LogP contribution in [0.5, 0.6) is 0 Å². The number of aromatic nitrogens is 2. The minimum absolute atomic E-state index is 0.0452. The van der Waals surface area contributed by atoms with Crippen LogP contribution in [0.4, 0.5) is 0 Å². The van der Waals surface area contributed by atoms with Crippen LogP contribution >= 0.6 is 11.3 Å². The van der Waals surface area contributed by atoms with Crippen LogP contribution in [-0.2, 0) is 16.0 Å². The van der Waals surface area contributed by atoms with Gasteiger partial charge >= 0.3 is 0 Å². The molecule has 1 amide bonds. The molecular weight excluding hydrogens is 378 g/mol. The molecule has 1 N–H and O–H groups in total. The molecular formula is C19H29N5O3S. The van der Waals surface area contributed by atoms with E-state index in [1.54, 1.807) is 18.4 Å². The SMILES string of the molecule is COCC(C)NC(=O)CN1CCN(CCCc2nc(-c3cccs3)no2)CC1. The molecule has 1 atom stereocenters. The summed E-state index contributed by atoms with van der Waals surface area (Å²) in [5.74, 6) is 1.44. The van der Waals surface area contributed by atoms with Gasteiger partial charge in [-0.2, -0.15) is 4.98 Å². The number of carbonyl (C=O) groups excluding carboxylic acids is 1.